The summed E-state index contributed by atoms with van der Waals surface area (Å²) < 4.78 is 10.7. The van der Waals surface area contributed by atoms with Gasteiger partial charge in [0, 0.05) is 17.0 Å². The zero-order valence-corrected chi connectivity index (χ0v) is 20.1. The fraction of sp³-hybridized carbons (Fsp3) is 0.185. The van der Waals surface area contributed by atoms with Crippen LogP contribution >= 0.6 is 11.8 Å². The van der Waals surface area contributed by atoms with E-state index < -0.39 is 0 Å². The van der Waals surface area contributed by atoms with Crippen LogP contribution in [0.1, 0.15) is 27.0 Å². The summed E-state index contributed by atoms with van der Waals surface area (Å²) in [4.78, 5) is 26.9. The SMILES string of the molecule is COc1ccc(OC)c(CCNC(=O)c2ccc3c(c2)NC(=O)C(=Cc2ccc(C)cc2)S3)c1. The van der Waals surface area contributed by atoms with E-state index in [2.05, 4.69) is 10.6 Å². The molecule has 0 saturated heterocycles. The van der Waals surface area contributed by atoms with Crippen molar-refractivity contribution in [3.8, 4) is 11.5 Å². The molecular formula is C27H26N2O4S. The maximum absolute atomic E-state index is 12.7. The molecule has 0 bridgehead atoms. The number of fused-ring (bicyclic) bond motifs is 1. The van der Waals surface area contributed by atoms with Gasteiger partial charge in [-0.15, -0.1) is 0 Å². The Morgan fingerprint density at radius 2 is 1.82 bits per heavy atom. The third kappa shape index (κ3) is 5.43. The van der Waals surface area contributed by atoms with Crippen LogP contribution in [-0.4, -0.2) is 32.6 Å². The number of rotatable bonds is 7. The average Bonchev–Trinajstić information content (AvgIpc) is 2.85. The normalized spacial score (nSPS) is 13.7. The average molecular weight is 475 g/mol. The second kappa shape index (κ2) is 10.5. The van der Waals surface area contributed by atoms with Gasteiger partial charge in [0.1, 0.15) is 11.5 Å². The molecule has 2 N–H and O–H groups in total. The van der Waals surface area contributed by atoms with Gasteiger partial charge in [0.2, 0.25) is 0 Å². The number of hydrogen-bond acceptors (Lipinski definition) is 5. The smallest absolute Gasteiger partial charge is 0.262 e. The molecule has 0 fully saturated rings. The first-order chi connectivity index (χ1) is 16.5. The summed E-state index contributed by atoms with van der Waals surface area (Å²) >= 11 is 1.40. The van der Waals surface area contributed by atoms with E-state index in [1.165, 1.54) is 17.3 Å². The van der Waals surface area contributed by atoms with Crippen molar-refractivity contribution < 1.29 is 19.1 Å². The number of hydrogen-bond donors (Lipinski definition) is 2. The molecule has 3 aromatic carbocycles. The number of aryl methyl sites for hydroxylation is 1. The maximum Gasteiger partial charge on any atom is 0.262 e. The highest BCUT2D eigenvalue weighted by Crippen LogP contribution is 2.39. The largest absolute Gasteiger partial charge is 0.497 e. The van der Waals surface area contributed by atoms with Gasteiger partial charge < -0.3 is 20.1 Å². The number of benzene rings is 3. The molecule has 2 amide bonds. The Kier molecular flexibility index (Phi) is 7.23. The Balaban J connectivity index is 1.41. The van der Waals surface area contributed by atoms with E-state index in [0.29, 0.717) is 29.1 Å². The van der Waals surface area contributed by atoms with Crippen molar-refractivity contribution in [3.63, 3.8) is 0 Å². The van der Waals surface area contributed by atoms with Crippen LogP contribution in [0.2, 0.25) is 0 Å². The summed E-state index contributed by atoms with van der Waals surface area (Å²) in [6.45, 7) is 2.46. The summed E-state index contributed by atoms with van der Waals surface area (Å²) in [6, 6.07) is 18.9. The predicted molar refractivity (Wildman–Crippen MR) is 136 cm³/mol. The van der Waals surface area contributed by atoms with Crippen molar-refractivity contribution in [2.75, 3.05) is 26.1 Å². The number of thioether (sulfide) groups is 1. The second-order valence-electron chi connectivity index (χ2n) is 7.87. The van der Waals surface area contributed by atoms with Crippen LogP contribution in [0.15, 0.2) is 70.5 Å². The van der Waals surface area contributed by atoms with Gasteiger partial charge in [-0.3, -0.25) is 9.59 Å². The van der Waals surface area contributed by atoms with Gasteiger partial charge in [-0.1, -0.05) is 41.6 Å². The minimum Gasteiger partial charge on any atom is -0.497 e. The lowest BCUT2D eigenvalue weighted by molar-refractivity contribution is -0.112. The fourth-order valence-corrected chi connectivity index (χ4v) is 4.54. The monoisotopic (exact) mass is 474 g/mol. The zero-order valence-electron chi connectivity index (χ0n) is 19.3. The highest BCUT2D eigenvalue weighted by atomic mass is 32.2. The van der Waals surface area contributed by atoms with Crippen LogP contribution in [0.4, 0.5) is 5.69 Å². The first kappa shape index (κ1) is 23.4. The molecule has 1 heterocycles. The lowest BCUT2D eigenvalue weighted by Gasteiger charge is -2.19. The third-order valence-corrected chi connectivity index (χ3v) is 6.58. The molecule has 0 radical (unpaired) electrons. The van der Waals surface area contributed by atoms with Gasteiger partial charge in [-0.25, -0.2) is 0 Å². The van der Waals surface area contributed by atoms with Gasteiger partial charge in [-0.2, -0.15) is 0 Å². The summed E-state index contributed by atoms with van der Waals surface area (Å²) in [6.07, 6.45) is 2.46. The Morgan fingerprint density at radius 3 is 2.56 bits per heavy atom. The Labute approximate surface area is 203 Å². The molecule has 0 spiro atoms. The van der Waals surface area contributed by atoms with E-state index in [0.717, 1.165) is 27.5 Å². The number of methoxy groups -OCH3 is 2. The van der Waals surface area contributed by atoms with Crippen LogP contribution < -0.4 is 20.1 Å². The highest BCUT2D eigenvalue weighted by molar-refractivity contribution is 8.04. The molecule has 3 aromatic rings. The first-order valence-electron chi connectivity index (χ1n) is 10.9. The lowest BCUT2D eigenvalue weighted by atomic mass is 10.1. The molecule has 1 aliphatic heterocycles. The summed E-state index contributed by atoms with van der Waals surface area (Å²) in [5, 5.41) is 5.84. The van der Waals surface area contributed by atoms with Crippen molar-refractivity contribution in [1.29, 1.82) is 0 Å². The van der Waals surface area contributed by atoms with Gasteiger partial charge in [0.25, 0.3) is 11.8 Å². The standard InChI is InChI=1S/C27H26N2O4S/c1-17-4-6-18(7-5-17)14-25-27(31)29-22-16-20(8-11-24(22)34-25)26(30)28-13-12-19-15-21(32-2)9-10-23(19)33-3/h4-11,14-16H,12-13H2,1-3H3,(H,28,30)(H,29,31). The highest BCUT2D eigenvalue weighted by Gasteiger charge is 2.22. The Hall–Kier alpha value is -3.71. The summed E-state index contributed by atoms with van der Waals surface area (Å²) in [7, 11) is 3.23. The molecule has 4 rings (SSSR count). The van der Waals surface area contributed by atoms with E-state index in [4.69, 9.17) is 9.47 Å². The number of ether oxygens (including phenoxy) is 2. The number of carbonyl (C=O) groups excluding carboxylic acids is 2. The van der Waals surface area contributed by atoms with E-state index in [1.807, 2.05) is 61.5 Å². The van der Waals surface area contributed by atoms with E-state index in [1.54, 1.807) is 26.4 Å². The second-order valence-corrected chi connectivity index (χ2v) is 8.95. The van der Waals surface area contributed by atoms with Gasteiger partial charge in [-0.05, 0) is 66.9 Å². The molecule has 0 saturated carbocycles. The van der Waals surface area contributed by atoms with Crippen LogP contribution in [-0.2, 0) is 11.2 Å². The van der Waals surface area contributed by atoms with E-state index in [9.17, 15) is 9.59 Å². The quantitative estimate of drug-likeness (QED) is 0.468. The van der Waals surface area contributed by atoms with Gasteiger partial charge in [0.15, 0.2) is 0 Å². The molecule has 0 unspecified atom stereocenters. The number of nitrogens with one attached hydrogen (secondary N) is 2. The zero-order chi connectivity index (χ0) is 24.1. The van der Waals surface area contributed by atoms with Crippen LogP contribution in [0, 0.1) is 6.92 Å². The summed E-state index contributed by atoms with van der Waals surface area (Å²) in [5.74, 6) is 1.10. The number of anilines is 1. The molecule has 0 atom stereocenters. The van der Waals surface area contributed by atoms with Gasteiger partial charge >= 0.3 is 0 Å². The number of amides is 2. The number of carbonyl (C=O) groups is 2. The van der Waals surface area contributed by atoms with Crippen molar-refractivity contribution in [1.82, 2.24) is 5.32 Å². The van der Waals surface area contributed by atoms with Crippen molar-refractivity contribution in [2.24, 2.45) is 0 Å². The minimum absolute atomic E-state index is 0.180. The Bertz CT molecular complexity index is 1250. The maximum atomic E-state index is 12.7. The van der Waals surface area contributed by atoms with E-state index in [-0.39, 0.29) is 11.8 Å². The minimum atomic E-state index is -0.204. The molecule has 174 valence electrons. The lowest BCUT2D eigenvalue weighted by Crippen LogP contribution is -2.26. The summed E-state index contributed by atoms with van der Waals surface area (Å²) in [5.41, 5.74) is 4.21. The topological polar surface area (TPSA) is 76.7 Å². The molecular weight excluding hydrogens is 448 g/mol. The van der Waals surface area contributed by atoms with Gasteiger partial charge in [0.05, 0.1) is 24.8 Å². The molecule has 1 aliphatic rings. The molecule has 34 heavy (non-hydrogen) atoms. The van der Waals surface area contributed by atoms with Crippen molar-refractivity contribution in [3.05, 3.63) is 87.8 Å². The predicted octanol–water partition coefficient (Wildman–Crippen LogP) is 5.07. The van der Waals surface area contributed by atoms with Crippen LogP contribution in [0.25, 0.3) is 6.08 Å². The van der Waals surface area contributed by atoms with Crippen LogP contribution in [0.5, 0.6) is 11.5 Å². The molecule has 6 nitrogen and oxygen atoms in total. The third-order valence-electron chi connectivity index (χ3n) is 5.48. The molecule has 0 aliphatic carbocycles. The van der Waals surface area contributed by atoms with Crippen molar-refractivity contribution >= 4 is 35.3 Å². The fourth-order valence-electron chi connectivity index (χ4n) is 3.61. The van der Waals surface area contributed by atoms with E-state index >= 15 is 0 Å². The first-order valence-corrected chi connectivity index (χ1v) is 11.7. The molecule has 7 heteroatoms. The Morgan fingerprint density at radius 1 is 1.03 bits per heavy atom. The molecule has 0 aromatic heterocycles. The van der Waals surface area contributed by atoms with Crippen molar-refractivity contribution in [2.45, 2.75) is 18.2 Å². The van der Waals surface area contributed by atoms with Crippen LogP contribution in [0.3, 0.4) is 0 Å².